The van der Waals surface area contributed by atoms with Crippen molar-refractivity contribution in [2.45, 2.75) is 17.0 Å². The monoisotopic (exact) mass is 344 g/mol. The number of sulfonamides is 1. The third-order valence-electron chi connectivity index (χ3n) is 4.02. The number of carboxylic acids is 1. The Balaban J connectivity index is 2.22. The summed E-state index contributed by atoms with van der Waals surface area (Å²) in [6, 6.07) is 12.1. The minimum Gasteiger partial charge on any atom is -0.480 e. The van der Waals surface area contributed by atoms with Gasteiger partial charge in [0, 0.05) is 5.56 Å². The van der Waals surface area contributed by atoms with Crippen molar-refractivity contribution < 1.29 is 18.3 Å². The molecule has 0 amide bonds. The van der Waals surface area contributed by atoms with Crippen LogP contribution in [0.5, 0.6) is 0 Å². The fourth-order valence-corrected chi connectivity index (χ4v) is 4.57. The van der Waals surface area contributed by atoms with Crippen molar-refractivity contribution in [3.63, 3.8) is 0 Å². The number of rotatable bonds is 4. The zero-order valence-electron chi connectivity index (χ0n) is 12.7. The molecule has 7 heteroatoms. The second-order valence-electron chi connectivity index (χ2n) is 5.47. The lowest BCUT2D eigenvalue weighted by Crippen LogP contribution is -2.52. The molecule has 0 aliphatic carbocycles. The van der Waals surface area contributed by atoms with Crippen molar-refractivity contribution in [2.75, 3.05) is 4.31 Å². The minimum atomic E-state index is -3.98. The van der Waals surface area contributed by atoms with Gasteiger partial charge in [0.25, 0.3) is 10.0 Å². The Morgan fingerprint density at radius 2 is 1.71 bits per heavy atom. The molecule has 3 rings (SSSR count). The summed E-state index contributed by atoms with van der Waals surface area (Å²) >= 11 is 0. The number of anilines is 1. The van der Waals surface area contributed by atoms with E-state index in [-0.39, 0.29) is 4.90 Å². The first-order chi connectivity index (χ1) is 11.4. The Morgan fingerprint density at radius 1 is 1.12 bits per heavy atom. The molecule has 0 saturated heterocycles. The van der Waals surface area contributed by atoms with Gasteiger partial charge in [0.15, 0.2) is 0 Å². The summed E-state index contributed by atoms with van der Waals surface area (Å²) in [4.78, 5) is 11.5. The second kappa shape index (κ2) is 5.77. The van der Waals surface area contributed by atoms with Crippen molar-refractivity contribution in [1.82, 2.24) is 0 Å². The van der Waals surface area contributed by atoms with Crippen molar-refractivity contribution in [3.8, 4) is 0 Å². The highest BCUT2D eigenvalue weighted by atomic mass is 32.2. The molecule has 2 atom stereocenters. The standard InChI is InChI=1S/C17H16N2O4S/c1-11-13-9-5-6-10-14(13)19(16(11)15(18)17(20)21)24(22,23)12-7-3-2-4-8-12/h2-10,15-16H,1,18H2,(H,20,21). The van der Waals surface area contributed by atoms with Crippen molar-refractivity contribution in [1.29, 1.82) is 0 Å². The molecule has 2 aromatic carbocycles. The molecule has 0 bridgehead atoms. The fraction of sp³-hybridized carbons (Fsp3) is 0.118. The Hall–Kier alpha value is -2.64. The quantitative estimate of drug-likeness (QED) is 0.879. The number of nitrogens with zero attached hydrogens (tertiary/aromatic N) is 1. The number of para-hydroxylation sites is 1. The van der Waals surface area contributed by atoms with E-state index >= 15 is 0 Å². The van der Waals surface area contributed by atoms with Gasteiger partial charge in [-0.2, -0.15) is 0 Å². The SMILES string of the molecule is C=C1c2ccccc2N(S(=O)(=O)c2ccccc2)C1C(N)C(=O)O. The Kier molecular flexibility index (Phi) is 3.90. The first-order valence-corrected chi connectivity index (χ1v) is 8.66. The molecule has 24 heavy (non-hydrogen) atoms. The highest BCUT2D eigenvalue weighted by molar-refractivity contribution is 7.93. The van der Waals surface area contributed by atoms with Crippen LogP contribution in [0.3, 0.4) is 0 Å². The summed E-state index contributed by atoms with van der Waals surface area (Å²) in [5.41, 5.74) is 7.13. The molecule has 1 aliphatic rings. The maximum atomic E-state index is 13.1. The first kappa shape index (κ1) is 16.2. The van der Waals surface area contributed by atoms with E-state index in [1.54, 1.807) is 42.5 Å². The third kappa shape index (κ3) is 2.38. The van der Waals surface area contributed by atoms with Gasteiger partial charge in [-0.3, -0.25) is 9.10 Å². The highest BCUT2D eigenvalue weighted by Gasteiger charge is 2.45. The number of benzene rings is 2. The number of nitrogens with two attached hydrogens (primary N) is 1. The second-order valence-corrected chi connectivity index (χ2v) is 7.28. The molecule has 6 nitrogen and oxygen atoms in total. The van der Waals surface area contributed by atoms with Gasteiger partial charge >= 0.3 is 5.97 Å². The largest absolute Gasteiger partial charge is 0.480 e. The van der Waals surface area contributed by atoms with Gasteiger partial charge < -0.3 is 10.8 Å². The lowest BCUT2D eigenvalue weighted by atomic mass is 9.99. The van der Waals surface area contributed by atoms with Gasteiger partial charge in [-0.1, -0.05) is 43.0 Å². The van der Waals surface area contributed by atoms with E-state index in [1.807, 2.05) is 0 Å². The molecule has 2 aromatic rings. The summed E-state index contributed by atoms with van der Waals surface area (Å²) in [5, 5.41) is 9.31. The number of hydrogen-bond acceptors (Lipinski definition) is 4. The molecule has 124 valence electrons. The zero-order valence-corrected chi connectivity index (χ0v) is 13.5. The average Bonchev–Trinajstić information content (AvgIpc) is 2.88. The van der Waals surface area contributed by atoms with Crippen LogP contribution >= 0.6 is 0 Å². The molecule has 3 N–H and O–H groups in total. The lowest BCUT2D eigenvalue weighted by molar-refractivity contribution is -0.138. The zero-order chi connectivity index (χ0) is 17.5. The van der Waals surface area contributed by atoms with E-state index in [2.05, 4.69) is 6.58 Å². The molecule has 0 aromatic heterocycles. The lowest BCUT2D eigenvalue weighted by Gasteiger charge is -2.29. The first-order valence-electron chi connectivity index (χ1n) is 7.22. The van der Waals surface area contributed by atoms with Gasteiger partial charge in [0.05, 0.1) is 16.6 Å². The molecule has 0 radical (unpaired) electrons. The number of aliphatic carboxylic acids is 1. The summed E-state index contributed by atoms with van der Waals surface area (Å²) in [5.74, 6) is -1.29. The molecule has 1 heterocycles. The predicted octanol–water partition coefficient (Wildman–Crippen LogP) is 1.69. The summed E-state index contributed by atoms with van der Waals surface area (Å²) in [6.07, 6.45) is 0. The predicted molar refractivity (Wildman–Crippen MR) is 91.0 cm³/mol. The average molecular weight is 344 g/mol. The smallest absolute Gasteiger partial charge is 0.323 e. The van der Waals surface area contributed by atoms with Crippen molar-refractivity contribution in [3.05, 3.63) is 66.7 Å². The molecule has 2 unspecified atom stereocenters. The normalized spacial score (nSPS) is 18.3. The van der Waals surface area contributed by atoms with Gasteiger partial charge in [0.1, 0.15) is 6.04 Å². The number of carbonyl (C=O) groups is 1. The number of fused-ring (bicyclic) bond motifs is 1. The number of hydrogen-bond donors (Lipinski definition) is 2. The van der Waals surface area contributed by atoms with Gasteiger partial charge in [-0.05, 0) is 23.8 Å². The molecule has 0 spiro atoms. The van der Waals surface area contributed by atoms with Crippen LogP contribution in [0.1, 0.15) is 5.56 Å². The van der Waals surface area contributed by atoms with Crippen LogP contribution < -0.4 is 10.0 Å². The number of carboxylic acid groups (broad SMARTS) is 1. The van der Waals surface area contributed by atoms with E-state index in [9.17, 15) is 18.3 Å². The Morgan fingerprint density at radius 3 is 2.33 bits per heavy atom. The van der Waals surface area contributed by atoms with Crippen molar-refractivity contribution >= 4 is 27.3 Å². The molecular formula is C17H16N2O4S. The Labute approximate surface area is 139 Å². The van der Waals surface area contributed by atoms with Crippen LogP contribution in [0.2, 0.25) is 0 Å². The molecular weight excluding hydrogens is 328 g/mol. The maximum Gasteiger partial charge on any atom is 0.323 e. The van der Waals surface area contributed by atoms with Gasteiger partial charge in [0.2, 0.25) is 0 Å². The summed E-state index contributed by atoms with van der Waals surface area (Å²) in [6.45, 7) is 3.89. The van der Waals surface area contributed by atoms with Gasteiger partial charge in [-0.15, -0.1) is 0 Å². The topological polar surface area (TPSA) is 101 Å². The van der Waals surface area contributed by atoms with E-state index in [0.29, 0.717) is 16.8 Å². The molecule has 0 fully saturated rings. The van der Waals surface area contributed by atoms with Crippen LogP contribution in [0.15, 0.2) is 66.1 Å². The van der Waals surface area contributed by atoms with Crippen LogP contribution in [-0.4, -0.2) is 31.6 Å². The van der Waals surface area contributed by atoms with Crippen molar-refractivity contribution in [2.24, 2.45) is 5.73 Å². The van der Waals surface area contributed by atoms with E-state index in [1.165, 1.54) is 12.1 Å². The third-order valence-corrected chi connectivity index (χ3v) is 5.83. The molecule has 0 saturated carbocycles. The Bertz CT molecular complexity index is 909. The van der Waals surface area contributed by atoms with E-state index in [0.717, 1.165) is 4.31 Å². The molecule has 1 aliphatic heterocycles. The van der Waals surface area contributed by atoms with Crippen LogP contribution in [0.25, 0.3) is 5.57 Å². The van der Waals surface area contributed by atoms with E-state index < -0.39 is 28.1 Å². The maximum absolute atomic E-state index is 13.1. The van der Waals surface area contributed by atoms with E-state index in [4.69, 9.17) is 5.73 Å². The fourth-order valence-electron chi connectivity index (χ4n) is 2.87. The summed E-state index contributed by atoms with van der Waals surface area (Å²) in [7, 11) is -3.98. The van der Waals surface area contributed by atoms with Crippen LogP contribution in [0, 0.1) is 0 Å². The summed E-state index contributed by atoms with van der Waals surface area (Å²) < 4.78 is 27.3. The van der Waals surface area contributed by atoms with Gasteiger partial charge in [-0.25, -0.2) is 8.42 Å². The van der Waals surface area contributed by atoms with Crippen LogP contribution in [-0.2, 0) is 14.8 Å². The highest BCUT2D eigenvalue weighted by Crippen LogP contribution is 2.43. The minimum absolute atomic E-state index is 0.0668. The van der Waals surface area contributed by atoms with Crippen LogP contribution in [0.4, 0.5) is 5.69 Å².